The van der Waals surface area contributed by atoms with Crippen molar-refractivity contribution in [1.29, 1.82) is 0 Å². The van der Waals surface area contributed by atoms with E-state index in [0.29, 0.717) is 6.54 Å². The van der Waals surface area contributed by atoms with Crippen molar-refractivity contribution in [2.75, 3.05) is 5.75 Å². The summed E-state index contributed by atoms with van der Waals surface area (Å²) in [6.07, 6.45) is 1.94. The van der Waals surface area contributed by atoms with Crippen molar-refractivity contribution in [3.63, 3.8) is 0 Å². The Kier molecular flexibility index (Phi) is 3.82. The van der Waals surface area contributed by atoms with Gasteiger partial charge in [0, 0.05) is 28.1 Å². The maximum atomic E-state index is 11.8. The standard InChI is InChI=1S/C13H16BrNO2S/c1-10(2)18(16,17)9-8-15-7-6-11-12(14)4-3-5-13(11)15/h3-7,10H,8-9H2,1-2H3. The minimum Gasteiger partial charge on any atom is -0.346 e. The summed E-state index contributed by atoms with van der Waals surface area (Å²) in [5, 5.41) is 0.797. The van der Waals surface area contributed by atoms with E-state index in [4.69, 9.17) is 0 Å². The van der Waals surface area contributed by atoms with Crippen molar-refractivity contribution in [2.24, 2.45) is 0 Å². The Labute approximate surface area is 116 Å². The van der Waals surface area contributed by atoms with E-state index in [9.17, 15) is 8.42 Å². The number of nitrogens with zero attached hydrogens (tertiary/aromatic N) is 1. The van der Waals surface area contributed by atoms with Gasteiger partial charge in [0.05, 0.1) is 11.0 Å². The lowest BCUT2D eigenvalue weighted by Gasteiger charge is -2.09. The summed E-state index contributed by atoms with van der Waals surface area (Å²) < 4.78 is 26.6. The molecule has 0 atom stereocenters. The van der Waals surface area contributed by atoms with E-state index >= 15 is 0 Å². The highest BCUT2D eigenvalue weighted by molar-refractivity contribution is 9.10. The van der Waals surface area contributed by atoms with Gasteiger partial charge in [-0.15, -0.1) is 0 Å². The highest BCUT2D eigenvalue weighted by atomic mass is 79.9. The number of fused-ring (bicyclic) bond motifs is 1. The molecule has 2 aromatic rings. The van der Waals surface area contributed by atoms with E-state index in [-0.39, 0.29) is 11.0 Å². The van der Waals surface area contributed by atoms with Crippen molar-refractivity contribution in [3.8, 4) is 0 Å². The summed E-state index contributed by atoms with van der Waals surface area (Å²) in [7, 11) is -2.99. The van der Waals surface area contributed by atoms with Crippen LogP contribution in [0.5, 0.6) is 0 Å². The fourth-order valence-corrected chi connectivity index (χ4v) is 3.25. The van der Waals surface area contributed by atoms with Gasteiger partial charge in [0.25, 0.3) is 0 Å². The van der Waals surface area contributed by atoms with Crippen molar-refractivity contribution in [1.82, 2.24) is 4.57 Å². The number of sulfone groups is 1. The van der Waals surface area contributed by atoms with E-state index in [1.165, 1.54) is 0 Å². The number of halogens is 1. The Morgan fingerprint density at radius 3 is 2.67 bits per heavy atom. The molecule has 0 aliphatic rings. The van der Waals surface area contributed by atoms with Crippen LogP contribution in [0.4, 0.5) is 0 Å². The van der Waals surface area contributed by atoms with Crippen LogP contribution in [-0.4, -0.2) is 24.0 Å². The van der Waals surface area contributed by atoms with Gasteiger partial charge in [-0.2, -0.15) is 0 Å². The Morgan fingerprint density at radius 2 is 2.00 bits per heavy atom. The summed E-state index contributed by atoms with van der Waals surface area (Å²) in [6.45, 7) is 3.94. The third kappa shape index (κ3) is 2.62. The number of hydrogen-bond donors (Lipinski definition) is 0. The average Bonchev–Trinajstić information content (AvgIpc) is 2.71. The second kappa shape index (κ2) is 5.05. The van der Waals surface area contributed by atoms with Gasteiger partial charge in [-0.1, -0.05) is 22.0 Å². The summed E-state index contributed by atoms with van der Waals surface area (Å²) >= 11 is 3.49. The Bertz CT molecular complexity index is 659. The highest BCUT2D eigenvalue weighted by Crippen LogP contribution is 2.24. The zero-order valence-corrected chi connectivity index (χ0v) is 12.8. The predicted molar refractivity (Wildman–Crippen MR) is 78.6 cm³/mol. The van der Waals surface area contributed by atoms with Crippen molar-refractivity contribution >= 4 is 36.7 Å². The number of benzene rings is 1. The van der Waals surface area contributed by atoms with Crippen LogP contribution in [0, 0.1) is 0 Å². The average molecular weight is 330 g/mol. The molecular weight excluding hydrogens is 314 g/mol. The van der Waals surface area contributed by atoms with Gasteiger partial charge in [0.2, 0.25) is 0 Å². The summed E-state index contributed by atoms with van der Waals surface area (Å²) in [5.74, 6) is 0.182. The molecule has 0 aliphatic carbocycles. The zero-order valence-electron chi connectivity index (χ0n) is 10.4. The van der Waals surface area contributed by atoms with Crippen LogP contribution in [0.1, 0.15) is 13.8 Å². The van der Waals surface area contributed by atoms with Crippen LogP contribution in [0.3, 0.4) is 0 Å². The largest absolute Gasteiger partial charge is 0.346 e. The molecule has 0 spiro atoms. The lowest BCUT2D eigenvalue weighted by Crippen LogP contribution is -2.20. The van der Waals surface area contributed by atoms with E-state index in [0.717, 1.165) is 15.4 Å². The molecule has 1 aromatic heterocycles. The van der Waals surface area contributed by atoms with Crippen molar-refractivity contribution < 1.29 is 8.42 Å². The predicted octanol–water partition coefficient (Wildman–Crippen LogP) is 3.23. The van der Waals surface area contributed by atoms with E-state index in [2.05, 4.69) is 15.9 Å². The summed E-state index contributed by atoms with van der Waals surface area (Å²) in [5.41, 5.74) is 1.06. The molecule has 0 fully saturated rings. The molecule has 1 heterocycles. The molecule has 5 heteroatoms. The lowest BCUT2D eigenvalue weighted by molar-refractivity contribution is 0.581. The first-order chi connectivity index (χ1) is 8.42. The third-order valence-corrected chi connectivity index (χ3v) is 5.97. The van der Waals surface area contributed by atoms with Crippen LogP contribution in [0.25, 0.3) is 10.9 Å². The monoisotopic (exact) mass is 329 g/mol. The maximum Gasteiger partial charge on any atom is 0.154 e. The highest BCUT2D eigenvalue weighted by Gasteiger charge is 2.16. The minimum absolute atomic E-state index is 0.182. The van der Waals surface area contributed by atoms with Gasteiger partial charge < -0.3 is 4.57 Å². The molecule has 0 bridgehead atoms. The molecule has 0 N–H and O–H groups in total. The number of rotatable bonds is 4. The van der Waals surface area contributed by atoms with Gasteiger partial charge in [-0.25, -0.2) is 8.42 Å². The molecule has 98 valence electrons. The number of aromatic nitrogens is 1. The van der Waals surface area contributed by atoms with E-state index in [1.54, 1.807) is 13.8 Å². The molecule has 0 radical (unpaired) electrons. The number of hydrogen-bond acceptors (Lipinski definition) is 2. The maximum absolute atomic E-state index is 11.8. The molecule has 0 unspecified atom stereocenters. The first-order valence-electron chi connectivity index (χ1n) is 5.87. The summed E-state index contributed by atoms with van der Waals surface area (Å²) in [6, 6.07) is 7.95. The van der Waals surface area contributed by atoms with Crippen LogP contribution < -0.4 is 0 Å². The first-order valence-corrected chi connectivity index (χ1v) is 8.37. The van der Waals surface area contributed by atoms with E-state index in [1.807, 2.05) is 35.0 Å². The Balaban J connectivity index is 2.26. The van der Waals surface area contributed by atoms with Gasteiger partial charge in [-0.3, -0.25) is 0 Å². The molecule has 0 saturated carbocycles. The van der Waals surface area contributed by atoms with Gasteiger partial charge in [0.15, 0.2) is 9.84 Å². The van der Waals surface area contributed by atoms with Crippen LogP contribution >= 0.6 is 15.9 Å². The Hall–Kier alpha value is -0.810. The van der Waals surface area contributed by atoms with Crippen LogP contribution in [0.15, 0.2) is 34.9 Å². The molecule has 2 rings (SSSR count). The van der Waals surface area contributed by atoms with E-state index < -0.39 is 9.84 Å². The zero-order chi connectivity index (χ0) is 13.3. The SMILES string of the molecule is CC(C)S(=O)(=O)CCn1ccc2c(Br)cccc21. The molecule has 3 nitrogen and oxygen atoms in total. The second-order valence-electron chi connectivity index (χ2n) is 4.60. The van der Waals surface area contributed by atoms with Gasteiger partial charge in [-0.05, 0) is 32.0 Å². The van der Waals surface area contributed by atoms with Crippen molar-refractivity contribution in [3.05, 3.63) is 34.9 Å². The Morgan fingerprint density at radius 1 is 1.28 bits per heavy atom. The fraction of sp³-hybridized carbons (Fsp3) is 0.385. The van der Waals surface area contributed by atoms with Crippen LogP contribution in [-0.2, 0) is 16.4 Å². The minimum atomic E-state index is -2.99. The molecule has 1 aromatic carbocycles. The molecule has 18 heavy (non-hydrogen) atoms. The normalized spacial score (nSPS) is 12.4. The van der Waals surface area contributed by atoms with Crippen LogP contribution in [0.2, 0.25) is 0 Å². The lowest BCUT2D eigenvalue weighted by atomic mass is 10.2. The quantitative estimate of drug-likeness (QED) is 0.863. The smallest absolute Gasteiger partial charge is 0.154 e. The fourth-order valence-electron chi connectivity index (χ4n) is 1.84. The first kappa shape index (κ1) is 13.6. The third-order valence-electron chi connectivity index (χ3n) is 3.10. The topological polar surface area (TPSA) is 39.1 Å². The van der Waals surface area contributed by atoms with Crippen molar-refractivity contribution in [2.45, 2.75) is 25.6 Å². The number of aryl methyl sites for hydroxylation is 1. The molecular formula is C13H16BrNO2S. The molecule has 0 aliphatic heterocycles. The second-order valence-corrected chi connectivity index (χ2v) is 8.13. The molecule has 0 amide bonds. The molecule has 0 saturated heterocycles. The van der Waals surface area contributed by atoms with Gasteiger partial charge >= 0.3 is 0 Å². The summed E-state index contributed by atoms with van der Waals surface area (Å²) in [4.78, 5) is 0. The van der Waals surface area contributed by atoms with Gasteiger partial charge in [0.1, 0.15) is 0 Å².